The Bertz CT molecular complexity index is 1190. The summed E-state index contributed by atoms with van der Waals surface area (Å²) >= 11 is 6.18. The molecule has 31 heavy (non-hydrogen) atoms. The summed E-state index contributed by atoms with van der Waals surface area (Å²) in [6.45, 7) is 4.20. The van der Waals surface area contributed by atoms with Gasteiger partial charge >= 0.3 is 6.18 Å². The molecule has 0 saturated carbocycles. The summed E-state index contributed by atoms with van der Waals surface area (Å²) in [6, 6.07) is 2.23. The zero-order valence-electron chi connectivity index (χ0n) is 16.5. The highest BCUT2D eigenvalue weighted by Crippen LogP contribution is 2.37. The Labute approximate surface area is 179 Å². The molecular weight excluding hydrogens is 438 g/mol. The van der Waals surface area contributed by atoms with Gasteiger partial charge in [0, 0.05) is 30.9 Å². The van der Waals surface area contributed by atoms with Crippen LogP contribution < -0.4 is 10.5 Å². The van der Waals surface area contributed by atoms with Gasteiger partial charge in [0.1, 0.15) is 16.7 Å². The SMILES string of the molecule is C[C@@H]1Cn2c(Cc3ccc(F)cc3C(F)(F)F)cnc2[C@H](C)N1c1cn[nH]c(=O)c1Cl. The standard InChI is InChI=1S/C20H18ClF4N5O/c1-10-9-29-14(5-12-3-4-13(22)6-15(12)20(23,24)25)7-26-18(29)11(2)30(10)16-8-27-28-19(31)17(16)21/h3-4,6-8,10-11H,5,9H2,1-2H3,(H,28,31)/t10-,11+/m1/s1. The number of hydrogen-bond donors (Lipinski definition) is 1. The maximum absolute atomic E-state index is 13.4. The molecule has 1 aliphatic rings. The van der Waals surface area contributed by atoms with E-state index in [-0.39, 0.29) is 29.1 Å². The van der Waals surface area contributed by atoms with E-state index in [1.54, 1.807) is 0 Å². The topological polar surface area (TPSA) is 66.8 Å². The number of fused-ring (bicyclic) bond motifs is 1. The zero-order chi connectivity index (χ0) is 22.5. The maximum Gasteiger partial charge on any atom is 0.416 e. The predicted octanol–water partition coefficient (Wildman–Crippen LogP) is 4.34. The minimum absolute atomic E-state index is 0.00932. The Kier molecular flexibility index (Phi) is 5.28. The van der Waals surface area contributed by atoms with E-state index >= 15 is 0 Å². The molecule has 11 heteroatoms. The van der Waals surface area contributed by atoms with Gasteiger partial charge < -0.3 is 9.47 Å². The highest BCUT2D eigenvalue weighted by Gasteiger charge is 2.36. The normalized spacial score (nSPS) is 18.9. The number of hydrogen-bond acceptors (Lipinski definition) is 4. The van der Waals surface area contributed by atoms with Gasteiger partial charge in [0.15, 0.2) is 0 Å². The van der Waals surface area contributed by atoms with Crippen molar-refractivity contribution in [1.29, 1.82) is 0 Å². The molecule has 3 aromatic rings. The van der Waals surface area contributed by atoms with Crippen LogP contribution in [0.25, 0.3) is 0 Å². The molecular formula is C20H18ClF4N5O. The number of aromatic amines is 1. The number of imidazole rings is 1. The molecule has 0 radical (unpaired) electrons. The number of nitrogens with zero attached hydrogens (tertiary/aromatic N) is 4. The van der Waals surface area contributed by atoms with Crippen LogP contribution >= 0.6 is 11.6 Å². The van der Waals surface area contributed by atoms with Gasteiger partial charge in [-0.15, -0.1) is 0 Å². The number of nitrogens with one attached hydrogen (secondary N) is 1. The van der Waals surface area contributed by atoms with Gasteiger partial charge in [-0.05, 0) is 31.5 Å². The molecule has 0 amide bonds. The number of halogens is 5. The lowest BCUT2D eigenvalue weighted by Gasteiger charge is -2.41. The number of alkyl halides is 3. The molecule has 1 N–H and O–H groups in total. The van der Waals surface area contributed by atoms with E-state index in [0.29, 0.717) is 29.8 Å². The quantitative estimate of drug-likeness (QED) is 0.597. The van der Waals surface area contributed by atoms with Gasteiger partial charge in [-0.3, -0.25) is 4.79 Å². The molecule has 2 atom stereocenters. The second-order valence-electron chi connectivity index (χ2n) is 7.52. The van der Waals surface area contributed by atoms with Crippen LogP contribution in [0, 0.1) is 5.82 Å². The van der Waals surface area contributed by atoms with Gasteiger partial charge in [-0.1, -0.05) is 17.7 Å². The lowest BCUT2D eigenvalue weighted by atomic mass is 10.0. The van der Waals surface area contributed by atoms with E-state index in [9.17, 15) is 22.4 Å². The van der Waals surface area contributed by atoms with E-state index in [1.807, 2.05) is 23.3 Å². The van der Waals surface area contributed by atoms with Crippen molar-refractivity contribution in [1.82, 2.24) is 19.7 Å². The van der Waals surface area contributed by atoms with Crippen LogP contribution in [0.3, 0.4) is 0 Å². The molecule has 3 heterocycles. The first-order valence-corrected chi connectivity index (χ1v) is 9.87. The molecule has 1 aromatic carbocycles. The Morgan fingerprint density at radius 1 is 1.26 bits per heavy atom. The minimum atomic E-state index is -4.66. The molecule has 2 aromatic heterocycles. The number of benzene rings is 1. The van der Waals surface area contributed by atoms with Crippen molar-refractivity contribution in [2.45, 2.75) is 45.1 Å². The highest BCUT2D eigenvalue weighted by atomic mass is 35.5. The average molecular weight is 456 g/mol. The van der Waals surface area contributed by atoms with Crippen LogP contribution in [0.5, 0.6) is 0 Å². The van der Waals surface area contributed by atoms with Crippen LogP contribution in [0.1, 0.15) is 42.5 Å². The van der Waals surface area contributed by atoms with Crippen molar-refractivity contribution in [3.63, 3.8) is 0 Å². The molecule has 1 aliphatic heterocycles. The molecule has 0 bridgehead atoms. The number of anilines is 1. The molecule has 4 rings (SSSR count). The Morgan fingerprint density at radius 2 is 2.00 bits per heavy atom. The van der Waals surface area contributed by atoms with Crippen molar-refractivity contribution in [3.8, 4) is 0 Å². The third-order valence-corrected chi connectivity index (χ3v) is 5.85. The van der Waals surface area contributed by atoms with E-state index in [2.05, 4.69) is 15.2 Å². The average Bonchev–Trinajstić information content (AvgIpc) is 3.08. The van der Waals surface area contributed by atoms with Crippen molar-refractivity contribution >= 4 is 17.3 Å². The van der Waals surface area contributed by atoms with Crippen molar-refractivity contribution in [2.75, 3.05) is 4.90 Å². The third-order valence-electron chi connectivity index (χ3n) is 5.49. The van der Waals surface area contributed by atoms with Crippen LogP contribution in [0.2, 0.25) is 5.02 Å². The van der Waals surface area contributed by atoms with Crippen LogP contribution in [0.4, 0.5) is 23.2 Å². The lowest BCUT2D eigenvalue weighted by molar-refractivity contribution is -0.138. The summed E-state index contributed by atoms with van der Waals surface area (Å²) in [5.41, 5.74) is -0.493. The Hall–Kier alpha value is -2.88. The third kappa shape index (κ3) is 3.80. The first kappa shape index (κ1) is 21.4. The second kappa shape index (κ2) is 7.67. The van der Waals surface area contributed by atoms with E-state index < -0.39 is 23.1 Å². The van der Waals surface area contributed by atoms with Crippen molar-refractivity contribution < 1.29 is 17.6 Å². The summed E-state index contributed by atoms with van der Waals surface area (Å²) in [5.74, 6) is -0.312. The summed E-state index contributed by atoms with van der Waals surface area (Å²) in [6.07, 6.45) is -1.72. The first-order chi connectivity index (χ1) is 14.6. The van der Waals surface area contributed by atoms with E-state index in [4.69, 9.17) is 11.6 Å². The predicted molar refractivity (Wildman–Crippen MR) is 107 cm³/mol. The van der Waals surface area contributed by atoms with Gasteiger partial charge in [0.25, 0.3) is 5.56 Å². The fraction of sp³-hybridized carbons (Fsp3) is 0.350. The fourth-order valence-corrected chi connectivity index (χ4v) is 4.32. The first-order valence-electron chi connectivity index (χ1n) is 9.49. The highest BCUT2D eigenvalue weighted by molar-refractivity contribution is 6.33. The maximum atomic E-state index is 13.4. The molecule has 6 nitrogen and oxygen atoms in total. The molecule has 0 saturated heterocycles. The summed E-state index contributed by atoms with van der Waals surface area (Å²) < 4.78 is 55.5. The van der Waals surface area contributed by atoms with Crippen molar-refractivity contribution in [2.24, 2.45) is 0 Å². The molecule has 0 spiro atoms. The van der Waals surface area contributed by atoms with Crippen LogP contribution in [-0.2, 0) is 19.1 Å². The molecule has 0 aliphatic carbocycles. The summed E-state index contributed by atoms with van der Waals surface area (Å²) in [5, 5.41) is 6.10. The smallest absolute Gasteiger partial charge is 0.354 e. The fourth-order valence-electron chi connectivity index (χ4n) is 4.13. The van der Waals surface area contributed by atoms with Gasteiger partial charge in [0.2, 0.25) is 0 Å². The lowest BCUT2D eigenvalue weighted by Crippen LogP contribution is -2.45. The van der Waals surface area contributed by atoms with Gasteiger partial charge in [-0.25, -0.2) is 14.5 Å². The van der Waals surface area contributed by atoms with E-state index in [0.717, 1.165) is 12.1 Å². The molecule has 164 valence electrons. The number of rotatable bonds is 3. The monoisotopic (exact) mass is 455 g/mol. The Morgan fingerprint density at radius 3 is 2.71 bits per heavy atom. The molecule has 0 unspecified atom stereocenters. The summed E-state index contributed by atoms with van der Waals surface area (Å²) in [4.78, 5) is 18.2. The minimum Gasteiger partial charge on any atom is -0.354 e. The van der Waals surface area contributed by atoms with Crippen molar-refractivity contribution in [3.05, 3.63) is 74.4 Å². The summed E-state index contributed by atoms with van der Waals surface area (Å²) in [7, 11) is 0. The number of aromatic nitrogens is 4. The van der Waals surface area contributed by atoms with Crippen LogP contribution in [0.15, 0.2) is 35.4 Å². The largest absolute Gasteiger partial charge is 0.416 e. The zero-order valence-corrected chi connectivity index (χ0v) is 17.3. The van der Waals surface area contributed by atoms with Crippen LogP contribution in [-0.4, -0.2) is 25.8 Å². The van der Waals surface area contributed by atoms with E-state index in [1.165, 1.54) is 12.4 Å². The van der Waals surface area contributed by atoms with Gasteiger partial charge in [-0.2, -0.15) is 18.3 Å². The number of H-pyrrole nitrogens is 1. The van der Waals surface area contributed by atoms with Gasteiger partial charge in [0.05, 0.1) is 23.5 Å². The Balaban J connectivity index is 1.71. The molecule has 0 fully saturated rings. The second-order valence-corrected chi connectivity index (χ2v) is 7.90.